The SMILES string of the molecule is COCCC1=CCC(C)=CC1. The van der Waals surface area contributed by atoms with Gasteiger partial charge in [-0.15, -0.1) is 0 Å². The summed E-state index contributed by atoms with van der Waals surface area (Å²) < 4.78 is 5.01. The number of ether oxygens (including phenoxy) is 1. The average molecular weight is 152 g/mol. The Morgan fingerprint density at radius 3 is 2.73 bits per heavy atom. The van der Waals surface area contributed by atoms with Gasteiger partial charge >= 0.3 is 0 Å². The monoisotopic (exact) mass is 152 g/mol. The van der Waals surface area contributed by atoms with Crippen molar-refractivity contribution in [2.75, 3.05) is 13.7 Å². The fraction of sp³-hybridized carbons (Fsp3) is 0.600. The molecule has 0 amide bonds. The molecule has 1 heteroatoms. The summed E-state index contributed by atoms with van der Waals surface area (Å²) in [4.78, 5) is 0. The highest BCUT2D eigenvalue weighted by molar-refractivity contribution is 5.20. The predicted molar refractivity (Wildman–Crippen MR) is 47.6 cm³/mol. The van der Waals surface area contributed by atoms with Crippen molar-refractivity contribution in [1.29, 1.82) is 0 Å². The van der Waals surface area contributed by atoms with Crippen molar-refractivity contribution < 1.29 is 4.74 Å². The van der Waals surface area contributed by atoms with Gasteiger partial charge in [-0.1, -0.05) is 23.3 Å². The van der Waals surface area contributed by atoms with Crippen LogP contribution in [0.15, 0.2) is 23.3 Å². The Morgan fingerprint density at radius 1 is 1.36 bits per heavy atom. The van der Waals surface area contributed by atoms with Crippen LogP contribution in [0.25, 0.3) is 0 Å². The molecular formula is C10H16O. The molecule has 0 aliphatic heterocycles. The first-order chi connectivity index (χ1) is 5.33. The molecule has 1 rings (SSSR count). The Bertz CT molecular complexity index is 177. The summed E-state index contributed by atoms with van der Waals surface area (Å²) in [5.41, 5.74) is 3.02. The first kappa shape index (κ1) is 8.54. The van der Waals surface area contributed by atoms with E-state index in [0.717, 1.165) is 25.9 Å². The molecular weight excluding hydrogens is 136 g/mol. The van der Waals surface area contributed by atoms with E-state index in [1.807, 2.05) is 0 Å². The lowest BCUT2D eigenvalue weighted by Crippen LogP contribution is -1.95. The lowest BCUT2D eigenvalue weighted by Gasteiger charge is -2.10. The normalized spacial score (nSPS) is 17.6. The standard InChI is InChI=1S/C10H16O/c1-9-3-5-10(6-4-9)7-8-11-2/h3,6H,4-5,7-8H2,1-2H3. The van der Waals surface area contributed by atoms with Crippen LogP contribution in [0, 0.1) is 0 Å². The zero-order chi connectivity index (χ0) is 8.10. The van der Waals surface area contributed by atoms with E-state index in [1.165, 1.54) is 11.1 Å². The quantitative estimate of drug-likeness (QED) is 0.565. The van der Waals surface area contributed by atoms with Crippen LogP contribution < -0.4 is 0 Å². The van der Waals surface area contributed by atoms with Crippen molar-refractivity contribution in [3.05, 3.63) is 23.3 Å². The number of hydrogen-bond acceptors (Lipinski definition) is 1. The van der Waals surface area contributed by atoms with E-state index in [0.29, 0.717) is 0 Å². The molecule has 1 nitrogen and oxygen atoms in total. The van der Waals surface area contributed by atoms with Crippen LogP contribution in [-0.4, -0.2) is 13.7 Å². The summed E-state index contributed by atoms with van der Waals surface area (Å²) in [6, 6.07) is 0. The summed E-state index contributed by atoms with van der Waals surface area (Å²) in [7, 11) is 1.75. The summed E-state index contributed by atoms with van der Waals surface area (Å²) in [6.45, 7) is 3.04. The zero-order valence-electron chi connectivity index (χ0n) is 7.39. The van der Waals surface area contributed by atoms with E-state index in [2.05, 4.69) is 19.1 Å². The number of methoxy groups -OCH3 is 1. The summed E-state index contributed by atoms with van der Waals surface area (Å²) >= 11 is 0. The molecule has 0 fully saturated rings. The second kappa shape index (κ2) is 4.35. The maximum atomic E-state index is 5.01. The van der Waals surface area contributed by atoms with E-state index in [-0.39, 0.29) is 0 Å². The Labute approximate surface area is 68.8 Å². The van der Waals surface area contributed by atoms with Gasteiger partial charge in [0, 0.05) is 13.7 Å². The highest BCUT2D eigenvalue weighted by atomic mass is 16.5. The number of allylic oxidation sites excluding steroid dienone is 3. The smallest absolute Gasteiger partial charge is 0.0499 e. The van der Waals surface area contributed by atoms with Gasteiger partial charge in [0.25, 0.3) is 0 Å². The average Bonchev–Trinajstić information content (AvgIpc) is 2.04. The van der Waals surface area contributed by atoms with Crippen LogP contribution in [0.3, 0.4) is 0 Å². The number of hydrogen-bond donors (Lipinski definition) is 0. The largest absolute Gasteiger partial charge is 0.384 e. The minimum Gasteiger partial charge on any atom is -0.384 e. The molecule has 0 aromatic rings. The molecule has 0 heterocycles. The van der Waals surface area contributed by atoms with Gasteiger partial charge in [0.1, 0.15) is 0 Å². The van der Waals surface area contributed by atoms with Crippen molar-refractivity contribution in [3.63, 3.8) is 0 Å². The molecule has 0 atom stereocenters. The fourth-order valence-electron chi connectivity index (χ4n) is 1.21. The molecule has 0 aromatic heterocycles. The van der Waals surface area contributed by atoms with E-state index in [4.69, 9.17) is 4.74 Å². The van der Waals surface area contributed by atoms with Crippen molar-refractivity contribution in [2.45, 2.75) is 26.2 Å². The van der Waals surface area contributed by atoms with E-state index >= 15 is 0 Å². The molecule has 0 aromatic carbocycles. The van der Waals surface area contributed by atoms with Gasteiger partial charge in [-0.2, -0.15) is 0 Å². The summed E-state index contributed by atoms with van der Waals surface area (Å²) in [6.07, 6.45) is 8.01. The maximum absolute atomic E-state index is 5.01. The summed E-state index contributed by atoms with van der Waals surface area (Å²) in [5.74, 6) is 0. The van der Waals surface area contributed by atoms with Crippen molar-refractivity contribution in [2.24, 2.45) is 0 Å². The molecule has 0 N–H and O–H groups in total. The molecule has 0 unspecified atom stereocenters. The van der Waals surface area contributed by atoms with E-state index < -0.39 is 0 Å². The first-order valence-electron chi connectivity index (χ1n) is 4.15. The molecule has 0 bridgehead atoms. The third-order valence-corrected chi connectivity index (χ3v) is 2.05. The minimum absolute atomic E-state index is 0.860. The second-order valence-corrected chi connectivity index (χ2v) is 3.06. The van der Waals surface area contributed by atoms with Gasteiger partial charge in [-0.05, 0) is 26.2 Å². The Hall–Kier alpha value is -0.560. The summed E-state index contributed by atoms with van der Waals surface area (Å²) in [5, 5.41) is 0. The van der Waals surface area contributed by atoms with Crippen molar-refractivity contribution in [1.82, 2.24) is 0 Å². The van der Waals surface area contributed by atoms with E-state index in [1.54, 1.807) is 7.11 Å². The van der Waals surface area contributed by atoms with Crippen LogP contribution in [0.1, 0.15) is 26.2 Å². The van der Waals surface area contributed by atoms with Crippen LogP contribution in [0.4, 0.5) is 0 Å². The first-order valence-corrected chi connectivity index (χ1v) is 4.15. The molecule has 11 heavy (non-hydrogen) atoms. The van der Waals surface area contributed by atoms with Crippen LogP contribution >= 0.6 is 0 Å². The highest BCUT2D eigenvalue weighted by Gasteiger charge is 2.00. The van der Waals surface area contributed by atoms with Crippen LogP contribution in [0.2, 0.25) is 0 Å². The third kappa shape index (κ3) is 2.89. The topological polar surface area (TPSA) is 9.23 Å². The van der Waals surface area contributed by atoms with Crippen molar-refractivity contribution >= 4 is 0 Å². The molecule has 0 saturated carbocycles. The zero-order valence-corrected chi connectivity index (χ0v) is 7.39. The molecule has 1 aliphatic carbocycles. The lowest BCUT2D eigenvalue weighted by atomic mass is 9.99. The molecule has 62 valence electrons. The molecule has 1 aliphatic rings. The fourth-order valence-corrected chi connectivity index (χ4v) is 1.21. The van der Waals surface area contributed by atoms with Gasteiger partial charge < -0.3 is 4.74 Å². The lowest BCUT2D eigenvalue weighted by molar-refractivity contribution is 0.201. The van der Waals surface area contributed by atoms with Crippen LogP contribution in [0.5, 0.6) is 0 Å². The van der Waals surface area contributed by atoms with Gasteiger partial charge in [-0.3, -0.25) is 0 Å². The molecule has 0 saturated heterocycles. The van der Waals surface area contributed by atoms with Gasteiger partial charge in [0.2, 0.25) is 0 Å². The minimum atomic E-state index is 0.860. The van der Waals surface area contributed by atoms with Crippen molar-refractivity contribution in [3.8, 4) is 0 Å². The molecule has 0 spiro atoms. The predicted octanol–water partition coefficient (Wildman–Crippen LogP) is 2.69. The van der Waals surface area contributed by atoms with Gasteiger partial charge in [-0.25, -0.2) is 0 Å². The van der Waals surface area contributed by atoms with Crippen LogP contribution in [-0.2, 0) is 4.74 Å². The maximum Gasteiger partial charge on any atom is 0.0499 e. The Morgan fingerprint density at radius 2 is 2.18 bits per heavy atom. The van der Waals surface area contributed by atoms with Gasteiger partial charge in [0.05, 0.1) is 0 Å². The van der Waals surface area contributed by atoms with E-state index in [9.17, 15) is 0 Å². The second-order valence-electron chi connectivity index (χ2n) is 3.06. The Balaban J connectivity index is 2.27. The Kier molecular flexibility index (Phi) is 3.37. The third-order valence-electron chi connectivity index (χ3n) is 2.05. The highest BCUT2D eigenvalue weighted by Crippen LogP contribution is 2.18. The number of rotatable bonds is 3. The van der Waals surface area contributed by atoms with Gasteiger partial charge in [0.15, 0.2) is 0 Å². The molecule has 0 radical (unpaired) electrons.